The normalized spacial score (nSPS) is 17.0. The first kappa shape index (κ1) is 6.04. The van der Waals surface area contributed by atoms with Gasteiger partial charge in [0.05, 0.1) is 12.0 Å². The molecule has 0 bridgehead atoms. The Morgan fingerprint density at radius 3 is 3.20 bits per heavy atom. The Bertz CT molecular complexity index is 264. The first-order valence-corrected chi connectivity index (χ1v) is 4.21. The molecule has 0 saturated carbocycles. The molecule has 2 heterocycles. The van der Waals surface area contributed by atoms with E-state index in [-0.39, 0.29) is 5.78 Å². The van der Waals surface area contributed by atoms with Crippen LogP contribution in [0, 0.1) is 0 Å². The first-order chi connectivity index (χ1) is 4.88. The van der Waals surface area contributed by atoms with Crippen LogP contribution in [0.15, 0.2) is 16.7 Å². The van der Waals surface area contributed by atoms with Crippen LogP contribution < -0.4 is 0 Å². The minimum absolute atomic E-state index is 0.122. The monoisotopic (exact) mass is 154 g/mol. The maximum atomic E-state index is 11.0. The number of carbonyl (C=O) groups is 1. The summed E-state index contributed by atoms with van der Waals surface area (Å²) in [4.78, 5) is 11.0. The Morgan fingerprint density at radius 1 is 1.50 bits per heavy atom. The lowest BCUT2D eigenvalue weighted by atomic mass is 10.2. The number of fused-ring (bicyclic) bond motifs is 1. The number of hydrogen-bond donors (Lipinski definition) is 0. The molecule has 0 atom stereocenters. The molecule has 0 fully saturated rings. The number of Topliss-reactive ketones (excluding diaryl/α,β-unsaturated/α-hetero) is 1. The Morgan fingerprint density at radius 2 is 2.40 bits per heavy atom. The molecule has 10 heavy (non-hydrogen) atoms. The fourth-order valence-electron chi connectivity index (χ4n) is 1.01. The van der Waals surface area contributed by atoms with Crippen molar-refractivity contribution in [1.29, 1.82) is 0 Å². The highest BCUT2D eigenvalue weighted by Gasteiger charge is 2.19. The molecule has 0 amide bonds. The zero-order valence-electron chi connectivity index (χ0n) is 5.29. The van der Waals surface area contributed by atoms with E-state index in [1.807, 2.05) is 6.07 Å². The molecular formula is C7H6O2S. The third-order valence-electron chi connectivity index (χ3n) is 1.49. The molecule has 0 saturated heterocycles. The van der Waals surface area contributed by atoms with Crippen LogP contribution in [0.25, 0.3) is 0 Å². The molecule has 1 aliphatic rings. The number of rotatable bonds is 0. The number of furan rings is 1. The van der Waals surface area contributed by atoms with Crippen molar-refractivity contribution in [1.82, 2.24) is 0 Å². The molecule has 0 spiro atoms. The molecule has 0 aromatic carbocycles. The van der Waals surface area contributed by atoms with E-state index < -0.39 is 0 Å². The topological polar surface area (TPSA) is 30.2 Å². The van der Waals surface area contributed by atoms with Gasteiger partial charge < -0.3 is 4.42 Å². The van der Waals surface area contributed by atoms with Gasteiger partial charge in [0.15, 0.2) is 5.76 Å². The highest BCUT2D eigenvalue weighted by atomic mass is 32.2. The number of thioether (sulfide) groups is 1. The van der Waals surface area contributed by atoms with E-state index in [0.29, 0.717) is 11.5 Å². The first-order valence-electron chi connectivity index (χ1n) is 3.05. The second kappa shape index (κ2) is 2.16. The molecule has 0 aliphatic carbocycles. The number of carbonyl (C=O) groups excluding carboxylic acids is 1. The van der Waals surface area contributed by atoms with Gasteiger partial charge in [-0.1, -0.05) is 0 Å². The summed E-state index contributed by atoms with van der Waals surface area (Å²) in [6.07, 6.45) is 1.58. The maximum Gasteiger partial charge on any atom is 0.208 e. The van der Waals surface area contributed by atoms with Crippen LogP contribution in [0.5, 0.6) is 0 Å². The zero-order valence-corrected chi connectivity index (χ0v) is 6.11. The molecule has 1 aromatic heterocycles. The Kier molecular flexibility index (Phi) is 1.31. The zero-order chi connectivity index (χ0) is 6.97. The molecule has 2 rings (SSSR count). The second-order valence-electron chi connectivity index (χ2n) is 2.19. The lowest BCUT2D eigenvalue weighted by Gasteiger charge is -2.06. The summed E-state index contributed by atoms with van der Waals surface area (Å²) >= 11 is 1.64. The van der Waals surface area contributed by atoms with E-state index in [1.54, 1.807) is 18.0 Å². The third kappa shape index (κ3) is 0.778. The fraction of sp³-hybridized carbons (Fsp3) is 0.286. The quantitative estimate of drug-likeness (QED) is 0.569. The molecule has 52 valence electrons. The van der Waals surface area contributed by atoms with Gasteiger partial charge in [0.25, 0.3) is 0 Å². The van der Waals surface area contributed by atoms with Crippen molar-refractivity contribution in [2.75, 3.05) is 5.75 Å². The van der Waals surface area contributed by atoms with Crippen LogP contribution in [0.4, 0.5) is 0 Å². The van der Waals surface area contributed by atoms with Crippen molar-refractivity contribution in [2.24, 2.45) is 0 Å². The van der Waals surface area contributed by atoms with Crippen molar-refractivity contribution < 1.29 is 9.21 Å². The van der Waals surface area contributed by atoms with Crippen LogP contribution in [0.2, 0.25) is 0 Å². The average molecular weight is 154 g/mol. The largest absolute Gasteiger partial charge is 0.461 e. The van der Waals surface area contributed by atoms with E-state index in [9.17, 15) is 4.79 Å². The molecule has 1 aromatic rings. The smallest absolute Gasteiger partial charge is 0.208 e. The minimum Gasteiger partial charge on any atom is -0.461 e. The molecule has 0 radical (unpaired) electrons. The highest BCUT2D eigenvalue weighted by Crippen LogP contribution is 2.24. The minimum atomic E-state index is 0.122. The average Bonchev–Trinajstić information content (AvgIpc) is 2.36. The van der Waals surface area contributed by atoms with Gasteiger partial charge in [0, 0.05) is 11.3 Å². The van der Waals surface area contributed by atoms with Gasteiger partial charge in [-0.15, -0.1) is 11.8 Å². The van der Waals surface area contributed by atoms with Crippen molar-refractivity contribution in [3.63, 3.8) is 0 Å². The van der Waals surface area contributed by atoms with E-state index in [2.05, 4.69) is 0 Å². The van der Waals surface area contributed by atoms with Crippen LogP contribution in [-0.2, 0) is 5.75 Å². The van der Waals surface area contributed by atoms with Crippen LogP contribution in [0.3, 0.4) is 0 Å². The second-order valence-corrected chi connectivity index (χ2v) is 3.18. The molecular weight excluding hydrogens is 148 g/mol. The Hall–Kier alpha value is -0.700. The van der Waals surface area contributed by atoms with Gasteiger partial charge >= 0.3 is 0 Å². The van der Waals surface area contributed by atoms with Crippen LogP contribution in [0.1, 0.15) is 16.1 Å². The summed E-state index contributed by atoms with van der Waals surface area (Å²) in [6, 6.07) is 1.86. The van der Waals surface area contributed by atoms with Crippen molar-refractivity contribution >= 4 is 17.5 Å². The lowest BCUT2D eigenvalue weighted by Crippen LogP contribution is -2.08. The number of hydrogen-bond acceptors (Lipinski definition) is 3. The van der Waals surface area contributed by atoms with Gasteiger partial charge in [-0.25, -0.2) is 0 Å². The van der Waals surface area contributed by atoms with Crippen molar-refractivity contribution in [3.8, 4) is 0 Å². The standard InChI is InChI=1S/C7H6O2S/c8-6-4-10-3-5-1-2-9-7(5)6/h1-2H,3-4H2. The van der Waals surface area contributed by atoms with Gasteiger partial charge in [0.1, 0.15) is 0 Å². The maximum absolute atomic E-state index is 11.0. The van der Waals surface area contributed by atoms with Gasteiger partial charge in [-0.3, -0.25) is 4.79 Å². The molecule has 3 heteroatoms. The van der Waals surface area contributed by atoms with E-state index in [0.717, 1.165) is 11.3 Å². The van der Waals surface area contributed by atoms with Crippen LogP contribution >= 0.6 is 11.8 Å². The summed E-state index contributed by atoms with van der Waals surface area (Å²) < 4.78 is 5.01. The molecule has 2 nitrogen and oxygen atoms in total. The van der Waals surface area contributed by atoms with Gasteiger partial charge in [0.2, 0.25) is 5.78 Å². The molecule has 1 aliphatic heterocycles. The fourth-order valence-corrected chi connectivity index (χ4v) is 1.88. The van der Waals surface area contributed by atoms with E-state index in [4.69, 9.17) is 4.42 Å². The van der Waals surface area contributed by atoms with E-state index >= 15 is 0 Å². The highest BCUT2D eigenvalue weighted by molar-refractivity contribution is 7.99. The lowest BCUT2D eigenvalue weighted by molar-refractivity contribution is 0.0989. The summed E-state index contributed by atoms with van der Waals surface area (Å²) in [5.41, 5.74) is 1.04. The summed E-state index contributed by atoms with van der Waals surface area (Å²) in [6.45, 7) is 0. The SMILES string of the molecule is O=C1CSCc2ccoc21. The third-order valence-corrected chi connectivity index (χ3v) is 2.47. The van der Waals surface area contributed by atoms with Gasteiger partial charge in [-0.05, 0) is 6.07 Å². The van der Waals surface area contributed by atoms with Crippen molar-refractivity contribution in [2.45, 2.75) is 5.75 Å². The Balaban J connectivity index is 2.50. The predicted molar refractivity (Wildman–Crippen MR) is 39.2 cm³/mol. The summed E-state index contributed by atoms with van der Waals surface area (Å²) in [5, 5.41) is 0. The van der Waals surface area contributed by atoms with Crippen molar-refractivity contribution in [3.05, 3.63) is 23.7 Å². The number of ketones is 1. The Labute approximate surface area is 62.6 Å². The summed E-state index contributed by atoms with van der Waals surface area (Å²) in [5.74, 6) is 2.17. The summed E-state index contributed by atoms with van der Waals surface area (Å²) in [7, 11) is 0. The van der Waals surface area contributed by atoms with E-state index in [1.165, 1.54) is 0 Å². The predicted octanol–water partition coefficient (Wildman–Crippen LogP) is 1.71. The van der Waals surface area contributed by atoms with Crippen LogP contribution in [-0.4, -0.2) is 11.5 Å². The van der Waals surface area contributed by atoms with Gasteiger partial charge in [-0.2, -0.15) is 0 Å². The molecule has 0 N–H and O–H groups in total. The molecule has 0 unspecified atom stereocenters.